The zero-order valence-corrected chi connectivity index (χ0v) is 9.48. The number of hydrogen-bond donors (Lipinski definition) is 1. The van der Waals surface area contributed by atoms with Gasteiger partial charge < -0.3 is 9.84 Å². The van der Waals surface area contributed by atoms with Crippen molar-refractivity contribution in [1.29, 1.82) is 0 Å². The molecule has 0 aliphatic heterocycles. The fourth-order valence-electron chi connectivity index (χ4n) is 1.28. The molecule has 0 radical (unpaired) electrons. The van der Waals surface area contributed by atoms with E-state index in [1.807, 2.05) is 19.1 Å². The van der Waals surface area contributed by atoms with Crippen molar-refractivity contribution in [2.24, 2.45) is 0 Å². The van der Waals surface area contributed by atoms with Crippen LogP contribution in [0, 0.1) is 6.92 Å². The van der Waals surface area contributed by atoms with E-state index in [0.29, 0.717) is 13.0 Å². The zero-order chi connectivity index (χ0) is 11.8. The molecule has 0 atom stereocenters. The van der Waals surface area contributed by atoms with Crippen LogP contribution in [0.4, 0.5) is 0 Å². The standard InChI is InChI=1S/C12H17NO3/c1-10-6-7-11(9-13-10)16-8-4-2-3-5-12(14)15/h6-7,9H,2-5,8H2,1H3,(H,14,15). The summed E-state index contributed by atoms with van der Waals surface area (Å²) in [6.45, 7) is 2.54. The van der Waals surface area contributed by atoms with E-state index in [-0.39, 0.29) is 6.42 Å². The summed E-state index contributed by atoms with van der Waals surface area (Å²) in [4.78, 5) is 14.4. The van der Waals surface area contributed by atoms with Crippen LogP contribution >= 0.6 is 0 Å². The van der Waals surface area contributed by atoms with E-state index >= 15 is 0 Å². The highest BCUT2D eigenvalue weighted by Crippen LogP contribution is 2.09. The van der Waals surface area contributed by atoms with Crippen LogP contribution in [0.25, 0.3) is 0 Å². The average Bonchev–Trinajstić information content (AvgIpc) is 2.25. The van der Waals surface area contributed by atoms with Gasteiger partial charge in [0.25, 0.3) is 0 Å². The molecule has 0 unspecified atom stereocenters. The van der Waals surface area contributed by atoms with Gasteiger partial charge in [0.1, 0.15) is 5.75 Å². The Balaban J connectivity index is 2.07. The number of pyridine rings is 1. The highest BCUT2D eigenvalue weighted by Gasteiger charge is 1.97. The van der Waals surface area contributed by atoms with E-state index in [1.165, 1.54) is 0 Å². The maximum atomic E-state index is 10.2. The topological polar surface area (TPSA) is 59.4 Å². The summed E-state index contributed by atoms with van der Waals surface area (Å²) in [5.74, 6) is 0.0347. The molecule has 0 aliphatic carbocycles. The Morgan fingerprint density at radius 2 is 2.19 bits per heavy atom. The first-order valence-electron chi connectivity index (χ1n) is 5.46. The molecular formula is C12H17NO3. The van der Waals surface area contributed by atoms with E-state index in [0.717, 1.165) is 24.3 Å². The number of unbranched alkanes of at least 4 members (excludes halogenated alkanes) is 2. The molecular weight excluding hydrogens is 206 g/mol. The molecule has 1 aromatic rings. The number of aromatic nitrogens is 1. The molecule has 0 aliphatic rings. The second-order valence-corrected chi connectivity index (χ2v) is 3.69. The van der Waals surface area contributed by atoms with Gasteiger partial charge in [0, 0.05) is 12.1 Å². The summed E-state index contributed by atoms with van der Waals surface area (Å²) in [6, 6.07) is 3.79. The normalized spacial score (nSPS) is 10.1. The molecule has 1 rings (SSSR count). The lowest BCUT2D eigenvalue weighted by molar-refractivity contribution is -0.137. The summed E-state index contributed by atoms with van der Waals surface area (Å²) < 4.78 is 5.46. The minimum Gasteiger partial charge on any atom is -0.492 e. The van der Waals surface area contributed by atoms with Crippen molar-refractivity contribution in [2.45, 2.75) is 32.6 Å². The zero-order valence-electron chi connectivity index (χ0n) is 9.48. The van der Waals surface area contributed by atoms with Crippen LogP contribution in [-0.2, 0) is 4.79 Å². The monoisotopic (exact) mass is 223 g/mol. The second kappa shape index (κ2) is 6.82. The number of nitrogens with zero attached hydrogens (tertiary/aromatic N) is 1. The van der Waals surface area contributed by atoms with Crippen molar-refractivity contribution < 1.29 is 14.6 Å². The van der Waals surface area contributed by atoms with Crippen LogP contribution in [0.2, 0.25) is 0 Å². The molecule has 16 heavy (non-hydrogen) atoms. The molecule has 4 nitrogen and oxygen atoms in total. The lowest BCUT2D eigenvalue weighted by Crippen LogP contribution is -1.99. The minimum absolute atomic E-state index is 0.242. The third kappa shape index (κ3) is 5.34. The molecule has 0 spiro atoms. The summed E-state index contributed by atoms with van der Waals surface area (Å²) >= 11 is 0. The lowest BCUT2D eigenvalue weighted by Gasteiger charge is -2.05. The van der Waals surface area contributed by atoms with Gasteiger partial charge >= 0.3 is 5.97 Å². The van der Waals surface area contributed by atoms with Crippen LogP contribution in [-0.4, -0.2) is 22.7 Å². The molecule has 0 bridgehead atoms. The van der Waals surface area contributed by atoms with Gasteiger partial charge in [-0.25, -0.2) is 0 Å². The van der Waals surface area contributed by atoms with E-state index in [2.05, 4.69) is 4.98 Å². The number of rotatable bonds is 7. The predicted octanol–water partition coefficient (Wildman–Crippen LogP) is 2.41. The van der Waals surface area contributed by atoms with E-state index in [4.69, 9.17) is 9.84 Å². The van der Waals surface area contributed by atoms with Gasteiger partial charge in [-0.15, -0.1) is 0 Å². The minimum atomic E-state index is -0.733. The van der Waals surface area contributed by atoms with Gasteiger partial charge in [-0.1, -0.05) is 0 Å². The molecule has 1 heterocycles. The highest BCUT2D eigenvalue weighted by molar-refractivity contribution is 5.66. The van der Waals surface area contributed by atoms with Crippen LogP contribution in [0.5, 0.6) is 5.75 Å². The molecule has 88 valence electrons. The van der Waals surface area contributed by atoms with Crippen molar-refractivity contribution in [1.82, 2.24) is 4.98 Å². The molecule has 0 saturated carbocycles. The first-order valence-corrected chi connectivity index (χ1v) is 5.46. The molecule has 0 amide bonds. The summed E-state index contributed by atoms with van der Waals surface area (Å²) in [7, 11) is 0. The number of ether oxygens (including phenoxy) is 1. The largest absolute Gasteiger partial charge is 0.492 e. The van der Waals surface area contributed by atoms with Gasteiger partial charge in [-0.05, 0) is 38.3 Å². The smallest absolute Gasteiger partial charge is 0.303 e. The maximum Gasteiger partial charge on any atom is 0.303 e. The lowest BCUT2D eigenvalue weighted by atomic mass is 10.2. The quantitative estimate of drug-likeness (QED) is 0.721. The second-order valence-electron chi connectivity index (χ2n) is 3.69. The van der Waals surface area contributed by atoms with Crippen LogP contribution in [0.15, 0.2) is 18.3 Å². The summed E-state index contributed by atoms with van der Waals surface area (Å²) in [5.41, 5.74) is 0.966. The average molecular weight is 223 g/mol. The SMILES string of the molecule is Cc1ccc(OCCCCCC(=O)O)cn1. The fraction of sp³-hybridized carbons (Fsp3) is 0.500. The predicted molar refractivity (Wildman–Crippen MR) is 60.6 cm³/mol. The third-order valence-corrected chi connectivity index (χ3v) is 2.19. The van der Waals surface area contributed by atoms with Crippen LogP contribution in [0.1, 0.15) is 31.4 Å². The first-order chi connectivity index (χ1) is 7.68. The van der Waals surface area contributed by atoms with Crippen LogP contribution in [0.3, 0.4) is 0 Å². The van der Waals surface area contributed by atoms with Crippen molar-refractivity contribution in [3.05, 3.63) is 24.0 Å². The molecule has 0 saturated heterocycles. The van der Waals surface area contributed by atoms with E-state index in [9.17, 15) is 4.79 Å². The van der Waals surface area contributed by atoms with E-state index < -0.39 is 5.97 Å². The Morgan fingerprint density at radius 1 is 1.38 bits per heavy atom. The van der Waals surface area contributed by atoms with Gasteiger partial charge in [0.15, 0.2) is 0 Å². The van der Waals surface area contributed by atoms with E-state index in [1.54, 1.807) is 6.20 Å². The number of aryl methyl sites for hydroxylation is 1. The van der Waals surface area contributed by atoms with Gasteiger partial charge in [0.05, 0.1) is 12.8 Å². The maximum absolute atomic E-state index is 10.2. The Morgan fingerprint density at radius 3 is 2.81 bits per heavy atom. The Kier molecular flexibility index (Phi) is 5.32. The first kappa shape index (κ1) is 12.5. The molecule has 1 aromatic heterocycles. The fourth-order valence-corrected chi connectivity index (χ4v) is 1.28. The Hall–Kier alpha value is -1.58. The Labute approximate surface area is 95.3 Å². The van der Waals surface area contributed by atoms with Gasteiger partial charge in [0.2, 0.25) is 0 Å². The molecule has 4 heteroatoms. The number of carbonyl (C=O) groups is 1. The number of hydrogen-bond acceptors (Lipinski definition) is 3. The Bertz CT molecular complexity index is 322. The molecule has 0 aromatic carbocycles. The molecule has 0 fully saturated rings. The highest BCUT2D eigenvalue weighted by atomic mass is 16.5. The van der Waals surface area contributed by atoms with Crippen LogP contribution < -0.4 is 4.74 Å². The van der Waals surface area contributed by atoms with Gasteiger partial charge in [-0.2, -0.15) is 0 Å². The summed E-state index contributed by atoms with van der Waals surface area (Å²) in [6.07, 6.45) is 4.41. The molecule has 1 N–H and O–H groups in total. The third-order valence-electron chi connectivity index (χ3n) is 2.19. The van der Waals surface area contributed by atoms with Crippen molar-refractivity contribution in [3.63, 3.8) is 0 Å². The summed E-state index contributed by atoms with van der Waals surface area (Å²) in [5, 5.41) is 8.43. The number of carboxylic acids is 1. The number of aliphatic carboxylic acids is 1. The van der Waals surface area contributed by atoms with Crippen molar-refractivity contribution >= 4 is 5.97 Å². The van der Waals surface area contributed by atoms with Crippen molar-refractivity contribution in [2.75, 3.05) is 6.61 Å². The number of carboxylic acid groups (broad SMARTS) is 1. The van der Waals surface area contributed by atoms with Gasteiger partial charge in [-0.3, -0.25) is 9.78 Å². The van der Waals surface area contributed by atoms with Crippen molar-refractivity contribution in [3.8, 4) is 5.75 Å².